The fourth-order valence-electron chi connectivity index (χ4n) is 2.83. The molecule has 0 aliphatic carbocycles. The number of carbonyl (C=O) groups excluding carboxylic acids is 2. The molecule has 0 saturated carbocycles. The van der Waals surface area contributed by atoms with Crippen LogP contribution in [0.15, 0.2) is 42.5 Å². The highest BCUT2D eigenvalue weighted by atomic mass is 19.1. The van der Waals surface area contributed by atoms with Gasteiger partial charge in [-0.2, -0.15) is 0 Å². The fourth-order valence-corrected chi connectivity index (χ4v) is 2.83. The van der Waals surface area contributed by atoms with Gasteiger partial charge < -0.3 is 14.8 Å². The number of amides is 1. The number of pyridine rings is 1. The largest absolute Gasteiger partial charge is 0.483 e. The van der Waals surface area contributed by atoms with Crippen LogP contribution in [0.2, 0.25) is 0 Å². The topological polar surface area (TPSA) is 77.5 Å². The molecule has 0 saturated heterocycles. The molecule has 6 nitrogen and oxygen atoms in total. The Morgan fingerprint density at radius 2 is 1.82 bits per heavy atom. The third-order valence-electron chi connectivity index (χ3n) is 4.23. The van der Waals surface area contributed by atoms with Gasteiger partial charge in [-0.05, 0) is 43.2 Å². The average molecular weight is 382 g/mol. The van der Waals surface area contributed by atoms with Gasteiger partial charge >= 0.3 is 5.97 Å². The van der Waals surface area contributed by atoms with Crippen LogP contribution < -0.4 is 10.1 Å². The molecular formula is C21H19FN2O4. The summed E-state index contributed by atoms with van der Waals surface area (Å²) in [7, 11) is 1.23. The van der Waals surface area contributed by atoms with E-state index in [0.717, 1.165) is 16.8 Å². The second kappa shape index (κ2) is 8.04. The summed E-state index contributed by atoms with van der Waals surface area (Å²) in [5, 5.41) is 3.17. The number of carbonyl (C=O) groups is 2. The first-order chi connectivity index (χ1) is 13.4. The number of hydrogen-bond acceptors (Lipinski definition) is 5. The molecule has 0 aliphatic heterocycles. The Morgan fingerprint density at radius 1 is 1.11 bits per heavy atom. The molecule has 144 valence electrons. The van der Waals surface area contributed by atoms with Crippen LogP contribution >= 0.6 is 0 Å². The van der Waals surface area contributed by atoms with Gasteiger partial charge in [0.2, 0.25) is 0 Å². The number of rotatable bonds is 5. The van der Waals surface area contributed by atoms with Crippen LogP contribution in [0.5, 0.6) is 5.75 Å². The van der Waals surface area contributed by atoms with Crippen molar-refractivity contribution in [2.75, 3.05) is 19.0 Å². The normalized spacial score (nSPS) is 10.6. The van der Waals surface area contributed by atoms with Crippen molar-refractivity contribution in [3.05, 3.63) is 65.1 Å². The highest BCUT2D eigenvalue weighted by molar-refractivity contribution is 5.95. The summed E-state index contributed by atoms with van der Waals surface area (Å²) >= 11 is 0. The molecule has 1 heterocycles. The smallest absolute Gasteiger partial charge is 0.356 e. The Balaban J connectivity index is 1.85. The van der Waals surface area contributed by atoms with E-state index < -0.39 is 11.8 Å². The summed E-state index contributed by atoms with van der Waals surface area (Å²) in [5.74, 6) is -1.35. The van der Waals surface area contributed by atoms with Crippen LogP contribution in [0.1, 0.15) is 21.6 Å². The number of aromatic nitrogens is 1. The van der Waals surface area contributed by atoms with Gasteiger partial charge in [0, 0.05) is 17.1 Å². The molecule has 0 spiro atoms. The maximum Gasteiger partial charge on any atom is 0.356 e. The number of para-hydroxylation sites is 1. The molecule has 0 atom stereocenters. The highest BCUT2D eigenvalue weighted by Crippen LogP contribution is 2.27. The van der Waals surface area contributed by atoms with Crippen molar-refractivity contribution in [1.29, 1.82) is 0 Å². The Labute approximate surface area is 161 Å². The maximum atomic E-state index is 13.7. The van der Waals surface area contributed by atoms with Crippen molar-refractivity contribution in [3.63, 3.8) is 0 Å². The van der Waals surface area contributed by atoms with Crippen molar-refractivity contribution < 1.29 is 23.5 Å². The number of benzene rings is 2. The van der Waals surface area contributed by atoms with Gasteiger partial charge in [0.25, 0.3) is 5.91 Å². The van der Waals surface area contributed by atoms with E-state index in [1.54, 1.807) is 0 Å². The van der Waals surface area contributed by atoms with E-state index in [-0.39, 0.29) is 24.0 Å². The lowest BCUT2D eigenvalue weighted by molar-refractivity contribution is -0.118. The molecule has 3 aromatic rings. The van der Waals surface area contributed by atoms with Gasteiger partial charge in [-0.25, -0.2) is 14.2 Å². The van der Waals surface area contributed by atoms with Crippen LogP contribution in [0.25, 0.3) is 10.9 Å². The summed E-state index contributed by atoms with van der Waals surface area (Å²) in [5.41, 5.74) is 2.94. The lowest BCUT2D eigenvalue weighted by Gasteiger charge is -2.13. The number of anilines is 1. The van der Waals surface area contributed by atoms with Crippen LogP contribution in [0.4, 0.5) is 10.1 Å². The number of methoxy groups -OCH3 is 1. The van der Waals surface area contributed by atoms with Gasteiger partial charge in [0.15, 0.2) is 12.3 Å². The standard InChI is InChI=1S/C21H19FN2O4/c1-12-5-4-6-13(2)20(12)24-19(25)11-28-18-10-17(21(26)27-3)23-16-8-7-14(22)9-15(16)18/h4-10H,11H2,1-3H3,(H,24,25). The Kier molecular flexibility index (Phi) is 5.54. The third-order valence-corrected chi connectivity index (χ3v) is 4.23. The molecule has 1 aromatic heterocycles. The lowest BCUT2D eigenvalue weighted by atomic mass is 10.1. The maximum absolute atomic E-state index is 13.7. The van der Waals surface area contributed by atoms with E-state index in [4.69, 9.17) is 4.74 Å². The Bertz CT molecular complexity index is 1050. The second-order valence-corrected chi connectivity index (χ2v) is 6.26. The number of nitrogens with one attached hydrogen (secondary N) is 1. The van der Waals surface area contributed by atoms with Gasteiger partial charge in [-0.1, -0.05) is 18.2 Å². The quantitative estimate of drug-likeness (QED) is 0.679. The summed E-state index contributed by atoms with van der Waals surface area (Å²) < 4.78 is 23.9. The van der Waals surface area contributed by atoms with Gasteiger partial charge in [-0.3, -0.25) is 4.79 Å². The van der Waals surface area contributed by atoms with Crippen molar-refractivity contribution in [1.82, 2.24) is 4.98 Å². The van der Waals surface area contributed by atoms with E-state index in [2.05, 4.69) is 15.0 Å². The summed E-state index contributed by atoms with van der Waals surface area (Å²) in [6.45, 7) is 3.47. The van der Waals surface area contributed by atoms with Crippen molar-refractivity contribution in [2.24, 2.45) is 0 Å². The minimum absolute atomic E-state index is 0.00626. The zero-order chi connectivity index (χ0) is 20.3. The molecule has 0 fully saturated rings. The number of halogens is 1. The molecule has 0 bridgehead atoms. The number of hydrogen-bond donors (Lipinski definition) is 1. The number of fused-ring (bicyclic) bond motifs is 1. The van der Waals surface area contributed by atoms with Crippen LogP contribution in [0.3, 0.4) is 0 Å². The Morgan fingerprint density at radius 3 is 2.50 bits per heavy atom. The molecule has 0 aliphatic rings. The first-order valence-electron chi connectivity index (χ1n) is 8.56. The number of aryl methyl sites for hydroxylation is 2. The molecule has 1 amide bonds. The highest BCUT2D eigenvalue weighted by Gasteiger charge is 2.15. The molecule has 0 unspecified atom stereocenters. The van der Waals surface area contributed by atoms with Crippen molar-refractivity contribution >= 4 is 28.5 Å². The molecule has 7 heteroatoms. The number of ether oxygens (including phenoxy) is 2. The van der Waals surface area contributed by atoms with Crippen molar-refractivity contribution in [2.45, 2.75) is 13.8 Å². The van der Waals surface area contributed by atoms with Gasteiger partial charge in [0.05, 0.1) is 12.6 Å². The average Bonchev–Trinajstić information content (AvgIpc) is 2.68. The zero-order valence-electron chi connectivity index (χ0n) is 15.7. The lowest BCUT2D eigenvalue weighted by Crippen LogP contribution is -2.21. The summed E-state index contributed by atoms with van der Waals surface area (Å²) in [6, 6.07) is 10.9. The molecule has 0 radical (unpaired) electrons. The van der Waals surface area contributed by atoms with Gasteiger partial charge in [-0.15, -0.1) is 0 Å². The van der Waals surface area contributed by atoms with E-state index in [0.29, 0.717) is 10.9 Å². The predicted octanol–water partition coefficient (Wildman–Crippen LogP) is 3.79. The zero-order valence-corrected chi connectivity index (χ0v) is 15.7. The first-order valence-corrected chi connectivity index (χ1v) is 8.56. The third kappa shape index (κ3) is 4.09. The van der Waals surface area contributed by atoms with Crippen LogP contribution in [-0.2, 0) is 9.53 Å². The van der Waals surface area contributed by atoms with E-state index in [1.165, 1.54) is 31.4 Å². The fraction of sp³-hybridized carbons (Fsp3) is 0.190. The number of esters is 1. The minimum Gasteiger partial charge on any atom is -0.483 e. The summed E-state index contributed by atoms with van der Waals surface area (Å²) in [4.78, 5) is 28.3. The predicted molar refractivity (Wildman–Crippen MR) is 103 cm³/mol. The van der Waals surface area contributed by atoms with Crippen LogP contribution in [-0.4, -0.2) is 30.6 Å². The molecule has 1 N–H and O–H groups in total. The van der Waals surface area contributed by atoms with Gasteiger partial charge in [0.1, 0.15) is 11.6 Å². The van der Waals surface area contributed by atoms with E-state index in [1.807, 2.05) is 32.0 Å². The first kappa shape index (κ1) is 19.3. The molecular weight excluding hydrogens is 363 g/mol. The van der Waals surface area contributed by atoms with E-state index >= 15 is 0 Å². The molecule has 28 heavy (non-hydrogen) atoms. The number of nitrogens with zero attached hydrogens (tertiary/aromatic N) is 1. The monoisotopic (exact) mass is 382 g/mol. The molecule has 3 rings (SSSR count). The molecule has 2 aromatic carbocycles. The van der Waals surface area contributed by atoms with Crippen LogP contribution in [0, 0.1) is 19.7 Å². The SMILES string of the molecule is COC(=O)c1cc(OCC(=O)Nc2c(C)cccc2C)c2cc(F)ccc2n1. The van der Waals surface area contributed by atoms with Crippen molar-refractivity contribution in [3.8, 4) is 5.75 Å². The summed E-state index contributed by atoms with van der Waals surface area (Å²) in [6.07, 6.45) is 0. The minimum atomic E-state index is -0.656. The van der Waals surface area contributed by atoms with E-state index in [9.17, 15) is 14.0 Å². The Hall–Kier alpha value is -3.48. The second-order valence-electron chi connectivity index (χ2n) is 6.26.